The zero-order valence-corrected chi connectivity index (χ0v) is 19.6. The topological polar surface area (TPSA) is 79.6 Å². The maximum atomic E-state index is 12.9. The van der Waals surface area contributed by atoms with Gasteiger partial charge in [-0.15, -0.1) is 0 Å². The molecule has 1 saturated heterocycles. The summed E-state index contributed by atoms with van der Waals surface area (Å²) in [6, 6.07) is 9.52. The Labute approximate surface area is 199 Å². The lowest BCUT2D eigenvalue weighted by molar-refractivity contribution is -0.138. The number of piperazine rings is 1. The van der Waals surface area contributed by atoms with E-state index in [1.807, 2.05) is 4.90 Å². The molecule has 11 heteroatoms. The zero-order valence-electron chi connectivity index (χ0n) is 19.6. The number of imidazole rings is 1. The molecule has 35 heavy (non-hydrogen) atoms. The van der Waals surface area contributed by atoms with E-state index in [2.05, 4.69) is 5.32 Å². The number of hydrogen-bond acceptors (Lipinski definition) is 4. The minimum absolute atomic E-state index is 0.0502. The number of benzene rings is 2. The zero-order chi connectivity index (χ0) is 25.5. The molecule has 1 aromatic heterocycles. The maximum absolute atomic E-state index is 12.9. The molecule has 0 spiro atoms. The average molecular weight is 489 g/mol. The largest absolute Gasteiger partial charge is 0.416 e. The number of anilines is 1. The predicted molar refractivity (Wildman–Crippen MR) is 125 cm³/mol. The fraction of sp³-hybridized carbons (Fsp3) is 0.375. The average Bonchev–Trinajstić information content (AvgIpc) is 3.02. The quantitative estimate of drug-likeness (QED) is 0.611. The Morgan fingerprint density at radius 2 is 1.66 bits per heavy atom. The monoisotopic (exact) mass is 489 g/mol. The molecule has 1 aliphatic heterocycles. The third-order valence-corrected chi connectivity index (χ3v) is 6.41. The number of hydrogen-bond donors (Lipinski definition) is 1. The molecule has 0 radical (unpaired) electrons. The smallest absolute Gasteiger partial charge is 0.333 e. The van der Waals surface area contributed by atoms with Crippen LogP contribution < -0.4 is 11.0 Å². The number of amides is 2. The van der Waals surface area contributed by atoms with Crippen molar-refractivity contribution in [2.75, 3.05) is 31.5 Å². The van der Waals surface area contributed by atoms with Gasteiger partial charge in [0.15, 0.2) is 0 Å². The van der Waals surface area contributed by atoms with Crippen LogP contribution in [0.2, 0.25) is 0 Å². The molecule has 0 saturated carbocycles. The second-order valence-electron chi connectivity index (χ2n) is 8.74. The molecular formula is C24H26F3N5O3. The molecule has 1 N–H and O–H groups in total. The van der Waals surface area contributed by atoms with Crippen molar-refractivity contribution in [3.8, 4) is 0 Å². The van der Waals surface area contributed by atoms with Gasteiger partial charge in [-0.1, -0.05) is 12.1 Å². The summed E-state index contributed by atoms with van der Waals surface area (Å²) in [4.78, 5) is 40.5. The van der Waals surface area contributed by atoms with Gasteiger partial charge in [0.1, 0.15) is 0 Å². The van der Waals surface area contributed by atoms with Crippen molar-refractivity contribution in [2.45, 2.75) is 19.1 Å². The summed E-state index contributed by atoms with van der Waals surface area (Å²) < 4.78 is 41.9. The van der Waals surface area contributed by atoms with Crippen LogP contribution >= 0.6 is 0 Å². The highest BCUT2D eigenvalue weighted by Gasteiger charge is 2.33. The first-order valence-corrected chi connectivity index (χ1v) is 11.1. The molecular weight excluding hydrogens is 463 g/mol. The van der Waals surface area contributed by atoms with Crippen LogP contribution in [0.3, 0.4) is 0 Å². The summed E-state index contributed by atoms with van der Waals surface area (Å²) in [6.07, 6.45) is -4.44. The van der Waals surface area contributed by atoms with E-state index in [1.54, 1.807) is 37.2 Å². The van der Waals surface area contributed by atoms with Crippen molar-refractivity contribution >= 4 is 28.5 Å². The molecule has 1 aliphatic rings. The summed E-state index contributed by atoms with van der Waals surface area (Å²) >= 11 is 0. The van der Waals surface area contributed by atoms with Crippen LogP contribution in [0.15, 0.2) is 47.3 Å². The van der Waals surface area contributed by atoms with Crippen LogP contribution in [0.4, 0.5) is 18.9 Å². The van der Waals surface area contributed by atoms with Gasteiger partial charge in [-0.2, -0.15) is 13.2 Å². The Morgan fingerprint density at radius 3 is 2.29 bits per heavy atom. The van der Waals surface area contributed by atoms with E-state index in [0.717, 1.165) is 17.6 Å². The van der Waals surface area contributed by atoms with Gasteiger partial charge in [0, 0.05) is 46.3 Å². The summed E-state index contributed by atoms with van der Waals surface area (Å²) in [7, 11) is 3.34. The lowest BCUT2D eigenvalue weighted by atomic mass is 10.0. The van der Waals surface area contributed by atoms with Crippen molar-refractivity contribution < 1.29 is 22.8 Å². The van der Waals surface area contributed by atoms with Crippen molar-refractivity contribution in [3.05, 3.63) is 64.1 Å². The molecule has 186 valence electrons. The van der Waals surface area contributed by atoms with Crippen LogP contribution in [-0.2, 0) is 29.9 Å². The maximum Gasteiger partial charge on any atom is 0.416 e. The van der Waals surface area contributed by atoms with Gasteiger partial charge < -0.3 is 10.2 Å². The molecule has 3 aromatic rings. The lowest BCUT2D eigenvalue weighted by Gasteiger charge is -2.41. The third-order valence-electron chi connectivity index (χ3n) is 6.41. The molecule has 1 fully saturated rings. The van der Waals surface area contributed by atoms with Gasteiger partial charge in [-0.3, -0.25) is 23.6 Å². The molecule has 0 unspecified atom stereocenters. The number of rotatable bonds is 4. The first-order chi connectivity index (χ1) is 16.5. The molecule has 2 heterocycles. The first kappa shape index (κ1) is 24.5. The van der Waals surface area contributed by atoms with E-state index < -0.39 is 17.8 Å². The number of carbonyl (C=O) groups is 2. The number of aryl methyl sites for hydroxylation is 2. The SMILES string of the molecule is CC(=O)N1CCN(CC(=O)Nc2ccc3c(c2)n(C)c(=O)n3C)C[C@@H]1c1ccc(C(F)(F)F)cc1. The van der Waals surface area contributed by atoms with Crippen LogP contribution in [-0.4, -0.2) is 56.9 Å². The van der Waals surface area contributed by atoms with Gasteiger partial charge in [0.25, 0.3) is 0 Å². The predicted octanol–water partition coefficient (Wildman–Crippen LogP) is 2.74. The molecule has 8 nitrogen and oxygen atoms in total. The van der Waals surface area contributed by atoms with Crippen LogP contribution in [0.25, 0.3) is 11.0 Å². The number of halogens is 3. The number of aromatic nitrogens is 2. The Bertz CT molecular complexity index is 1330. The number of nitrogens with one attached hydrogen (secondary N) is 1. The molecule has 0 aliphatic carbocycles. The van der Waals surface area contributed by atoms with E-state index in [9.17, 15) is 27.6 Å². The second-order valence-corrected chi connectivity index (χ2v) is 8.74. The third kappa shape index (κ3) is 4.95. The minimum Gasteiger partial charge on any atom is -0.333 e. The Morgan fingerprint density at radius 1 is 1.00 bits per heavy atom. The number of nitrogens with zero attached hydrogens (tertiary/aromatic N) is 4. The van der Waals surface area contributed by atoms with E-state index in [1.165, 1.54) is 28.2 Å². The number of fused-ring (bicyclic) bond motifs is 1. The Hall–Kier alpha value is -3.60. The van der Waals surface area contributed by atoms with Gasteiger partial charge in [-0.05, 0) is 35.9 Å². The van der Waals surface area contributed by atoms with Crippen LogP contribution in [0.5, 0.6) is 0 Å². The normalized spacial score (nSPS) is 17.1. The summed E-state index contributed by atoms with van der Waals surface area (Å²) in [6.45, 7) is 2.59. The molecule has 1 atom stereocenters. The molecule has 2 aromatic carbocycles. The first-order valence-electron chi connectivity index (χ1n) is 11.1. The number of alkyl halides is 3. The van der Waals surface area contributed by atoms with Crippen molar-refractivity contribution in [2.24, 2.45) is 14.1 Å². The standard InChI is InChI=1S/C24H26F3N5O3/c1-15(33)32-11-10-31(13-21(32)16-4-6-17(7-5-16)24(25,26)27)14-22(34)28-18-8-9-19-20(12-18)30(3)23(35)29(19)2/h4-9,12,21H,10-11,13-14H2,1-3H3,(H,28,34)/t21-/m1/s1. The summed E-state index contributed by atoms with van der Waals surface area (Å²) in [5.41, 5.74) is 1.64. The Balaban J connectivity index is 1.47. The van der Waals surface area contributed by atoms with Gasteiger partial charge in [0.05, 0.1) is 29.2 Å². The van der Waals surface area contributed by atoms with E-state index >= 15 is 0 Å². The highest BCUT2D eigenvalue weighted by atomic mass is 19.4. The van der Waals surface area contributed by atoms with Crippen LogP contribution in [0, 0.1) is 0 Å². The van der Waals surface area contributed by atoms with Crippen LogP contribution in [0.1, 0.15) is 24.1 Å². The van der Waals surface area contributed by atoms with E-state index in [4.69, 9.17) is 0 Å². The fourth-order valence-corrected chi connectivity index (χ4v) is 4.53. The summed E-state index contributed by atoms with van der Waals surface area (Å²) in [5.74, 6) is -0.450. The molecule has 2 amide bonds. The van der Waals surface area contributed by atoms with Crippen molar-refractivity contribution in [1.29, 1.82) is 0 Å². The van der Waals surface area contributed by atoms with Gasteiger partial charge in [-0.25, -0.2) is 4.79 Å². The van der Waals surface area contributed by atoms with E-state index in [0.29, 0.717) is 36.4 Å². The highest BCUT2D eigenvalue weighted by molar-refractivity contribution is 5.94. The van der Waals surface area contributed by atoms with Crippen molar-refractivity contribution in [1.82, 2.24) is 18.9 Å². The lowest BCUT2D eigenvalue weighted by Crippen LogP contribution is -2.51. The minimum atomic E-state index is -4.44. The van der Waals surface area contributed by atoms with Gasteiger partial charge >= 0.3 is 11.9 Å². The van der Waals surface area contributed by atoms with Gasteiger partial charge in [0.2, 0.25) is 11.8 Å². The fourth-order valence-electron chi connectivity index (χ4n) is 4.53. The molecule has 0 bridgehead atoms. The number of carbonyl (C=O) groups excluding carboxylic acids is 2. The highest BCUT2D eigenvalue weighted by Crippen LogP contribution is 2.32. The molecule has 4 rings (SSSR count). The van der Waals surface area contributed by atoms with E-state index in [-0.39, 0.29) is 24.0 Å². The second kappa shape index (κ2) is 9.21. The Kier molecular flexibility index (Phi) is 6.46. The summed E-state index contributed by atoms with van der Waals surface area (Å²) in [5, 5.41) is 2.84. The van der Waals surface area contributed by atoms with Crippen molar-refractivity contribution in [3.63, 3.8) is 0 Å².